The van der Waals surface area contributed by atoms with E-state index in [0.29, 0.717) is 16.3 Å². The summed E-state index contributed by atoms with van der Waals surface area (Å²) < 4.78 is 236. The summed E-state index contributed by atoms with van der Waals surface area (Å²) in [6.07, 6.45) is -10.1. The first-order valence-electron chi connectivity index (χ1n) is 15.7. The zero-order valence-corrected chi connectivity index (χ0v) is 27.2. The smallest absolute Gasteiger partial charge is 0.300 e. The van der Waals surface area contributed by atoms with Gasteiger partial charge in [0.1, 0.15) is 22.8 Å². The van der Waals surface area contributed by atoms with E-state index in [4.69, 9.17) is 0 Å². The Morgan fingerprint density at radius 1 is 0.500 bits per heavy atom. The highest BCUT2D eigenvalue weighted by molar-refractivity contribution is 6.13. The van der Waals surface area contributed by atoms with Gasteiger partial charge in [0.2, 0.25) is 5.82 Å². The van der Waals surface area contributed by atoms with Crippen molar-refractivity contribution in [2.24, 2.45) is 0 Å². The lowest BCUT2D eigenvalue weighted by molar-refractivity contribution is -0.143. The molecular weight excluding hydrogens is 786 g/mol. The summed E-state index contributed by atoms with van der Waals surface area (Å²) in [6.45, 7) is 0. The molecule has 2 atom stereocenters. The Kier molecular flexibility index (Phi) is 9.32. The predicted octanol–water partition coefficient (Wildman–Crippen LogP) is 13.5. The molecule has 1 aliphatic rings. The van der Waals surface area contributed by atoms with Crippen molar-refractivity contribution in [1.82, 2.24) is 0 Å². The van der Waals surface area contributed by atoms with Crippen molar-refractivity contribution in [2.75, 3.05) is 4.90 Å². The SMILES string of the molecule is FC1=C(F)C(c2c(F)c(F)c(F)c(F)c2F)C(F)C(F)=C1N(c1ccc(-c2cc3ccccc3c3ccccc23)cc1)c1c(F)c(F)c(C(F)(F)F)c(F)c1F. The maximum absolute atomic E-state index is 16.1. The predicted molar refractivity (Wildman–Crippen MR) is 172 cm³/mol. The lowest BCUT2D eigenvalue weighted by Crippen LogP contribution is -2.32. The molecule has 0 N–H and O–H groups in total. The molecule has 0 saturated carbocycles. The summed E-state index contributed by atoms with van der Waals surface area (Å²) in [5, 5.41) is 2.83. The fourth-order valence-electron chi connectivity index (χ4n) is 6.65. The molecule has 0 heterocycles. The quantitative estimate of drug-likeness (QED) is 0.0726. The van der Waals surface area contributed by atoms with E-state index in [1.807, 2.05) is 6.07 Å². The van der Waals surface area contributed by atoms with Crippen LogP contribution in [0.4, 0.5) is 81.6 Å². The van der Waals surface area contributed by atoms with Crippen molar-refractivity contribution in [3.05, 3.63) is 166 Å². The summed E-state index contributed by atoms with van der Waals surface area (Å²) >= 11 is 0. The second-order valence-electron chi connectivity index (χ2n) is 12.3. The Morgan fingerprint density at radius 2 is 1.00 bits per heavy atom. The van der Waals surface area contributed by atoms with Crippen molar-refractivity contribution in [2.45, 2.75) is 18.3 Å². The van der Waals surface area contributed by atoms with Crippen LogP contribution < -0.4 is 4.90 Å². The third-order valence-corrected chi connectivity index (χ3v) is 9.18. The molecule has 0 amide bonds. The summed E-state index contributed by atoms with van der Waals surface area (Å²) in [7, 11) is 0. The van der Waals surface area contributed by atoms with Crippen molar-refractivity contribution in [3.8, 4) is 11.1 Å². The number of halogens is 16. The van der Waals surface area contributed by atoms with Crippen LogP contribution >= 0.6 is 0 Å². The normalized spacial score (nSPS) is 16.4. The van der Waals surface area contributed by atoms with Gasteiger partial charge in [0, 0.05) is 11.3 Å². The van der Waals surface area contributed by atoms with Gasteiger partial charge in [-0.1, -0.05) is 60.7 Å². The van der Waals surface area contributed by atoms with E-state index in [1.165, 1.54) is 0 Å². The molecule has 0 spiro atoms. The van der Waals surface area contributed by atoms with Gasteiger partial charge >= 0.3 is 6.18 Å². The number of allylic oxidation sites excluding steroid dienone is 3. The van der Waals surface area contributed by atoms with E-state index < -0.39 is 121 Å². The fourth-order valence-corrected chi connectivity index (χ4v) is 6.65. The van der Waals surface area contributed by atoms with E-state index in [-0.39, 0.29) is 5.56 Å². The zero-order chi connectivity index (χ0) is 40.7. The molecule has 288 valence electrons. The molecule has 6 aromatic carbocycles. The number of fused-ring (bicyclic) bond motifs is 3. The Bertz CT molecular complexity index is 2620. The van der Waals surface area contributed by atoms with Gasteiger partial charge in [0.15, 0.2) is 64.4 Å². The van der Waals surface area contributed by atoms with Crippen molar-refractivity contribution >= 4 is 32.9 Å². The monoisotopic (exact) mass is 801 g/mol. The molecule has 17 heteroatoms. The molecule has 56 heavy (non-hydrogen) atoms. The molecule has 1 nitrogen and oxygen atoms in total. The Balaban J connectivity index is 1.48. The lowest BCUT2D eigenvalue weighted by Gasteiger charge is -2.33. The van der Waals surface area contributed by atoms with Gasteiger partial charge in [-0.25, -0.2) is 57.1 Å². The van der Waals surface area contributed by atoms with Crippen molar-refractivity contribution in [1.29, 1.82) is 0 Å². The lowest BCUT2D eigenvalue weighted by atomic mass is 9.86. The van der Waals surface area contributed by atoms with E-state index in [2.05, 4.69) is 0 Å². The summed E-state index contributed by atoms with van der Waals surface area (Å²) in [5.41, 5.74) is -10.6. The maximum Gasteiger partial charge on any atom is 0.422 e. The molecule has 2 unspecified atom stereocenters. The fraction of sp³-hybridized carbons (Fsp3) is 0.0769. The topological polar surface area (TPSA) is 3.24 Å². The molecular formula is C39H15F16N. The molecule has 0 aliphatic heterocycles. The molecule has 0 aromatic heterocycles. The Labute approximate surface area is 303 Å². The second kappa shape index (κ2) is 13.6. The molecule has 0 saturated heterocycles. The first-order chi connectivity index (χ1) is 26.4. The van der Waals surface area contributed by atoms with E-state index in [9.17, 15) is 43.9 Å². The van der Waals surface area contributed by atoms with E-state index in [1.54, 1.807) is 48.5 Å². The number of hydrogen-bond donors (Lipinski definition) is 0. The van der Waals surface area contributed by atoms with Gasteiger partial charge in [0.25, 0.3) is 0 Å². The standard InChI is InChI=1S/C39H15F16N/c40-24-21(25(41)31(47)32(48)30(24)46)22-26(42)33(49)37(34(50)27(22)43)56(38-35(51)28(44)23(39(53,54)55)29(45)36(38)52)16-11-9-14(10-12-16)20-13-15-5-1-2-6-17(15)18-7-3-4-8-19(18)20/h1-13,22,26H. The van der Waals surface area contributed by atoms with Crippen LogP contribution in [0.5, 0.6) is 0 Å². The van der Waals surface area contributed by atoms with Crippen LogP contribution in [0.1, 0.15) is 17.0 Å². The van der Waals surface area contributed by atoms with Crippen molar-refractivity contribution in [3.63, 3.8) is 0 Å². The number of rotatable bonds is 5. The molecule has 0 fully saturated rings. The zero-order valence-electron chi connectivity index (χ0n) is 27.2. The van der Waals surface area contributed by atoms with Gasteiger partial charge in [-0.3, -0.25) is 4.90 Å². The molecule has 7 rings (SSSR count). The largest absolute Gasteiger partial charge is 0.422 e. The van der Waals surface area contributed by atoms with Gasteiger partial charge < -0.3 is 0 Å². The van der Waals surface area contributed by atoms with Crippen LogP contribution in [-0.2, 0) is 6.18 Å². The van der Waals surface area contributed by atoms with Crippen LogP contribution in [0, 0.1) is 52.4 Å². The molecule has 6 aromatic rings. The summed E-state index contributed by atoms with van der Waals surface area (Å²) in [6, 6.07) is 19.3. The van der Waals surface area contributed by atoms with Crippen LogP contribution in [0.15, 0.2) is 102 Å². The number of anilines is 2. The number of nitrogens with zero attached hydrogens (tertiary/aromatic N) is 1. The highest BCUT2D eigenvalue weighted by atomic mass is 19.4. The average Bonchev–Trinajstić information content (AvgIpc) is 3.18. The number of benzene rings is 6. The molecule has 0 radical (unpaired) electrons. The van der Waals surface area contributed by atoms with E-state index in [0.717, 1.165) is 35.0 Å². The Morgan fingerprint density at radius 3 is 1.55 bits per heavy atom. The van der Waals surface area contributed by atoms with Gasteiger partial charge in [0.05, 0.1) is 5.92 Å². The van der Waals surface area contributed by atoms with E-state index >= 15 is 26.3 Å². The summed E-state index contributed by atoms with van der Waals surface area (Å²) in [4.78, 5) is -0.579. The van der Waals surface area contributed by atoms with Gasteiger partial charge in [-0.05, 0) is 50.9 Å². The molecule has 0 bridgehead atoms. The third kappa shape index (κ3) is 5.73. The minimum atomic E-state index is -6.11. The molecule has 1 aliphatic carbocycles. The summed E-state index contributed by atoms with van der Waals surface area (Å²) in [5.74, 6) is -38.7. The second-order valence-corrected chi connectivity index (χ2v) is 12.3. The van der Waals surface area contributed by atoms with Crippen LogP contribution in [0.25, 0.3) is 32.7 Å². The highest BCUT2D eigenvalue weighted by Gasteiger charge is 2.49. The van der Waals surface area contributed by atoms with Gasteiger partial charge in [-0.15, -0.1) is 0 Å². The first kappa shape index (κ1) is 38.3. The van der Waals surface area contributed by atoms with Crippen LogP contribution in [0.2, 0.25) is 0 Å². The third-order valence-electron chi connectivity index (χ3n) is 9.18. The number of hydrogen-bond acceptors (Lipinski definition) is 1. The average molecular weight is 802 g/mol. The van der Waals surface area contributed by atoms with Gasteiger partial charge in [-0.2, -0.15) is 13.2 Å². The maximum atomic E-state index is 16.1. The van der Waals surface area contributed by atoms with Crippen LogP contribution in [0.3, 0.4) is 0 Å². The van der Waals surface area contributed by atoms with Crippen LogP contribution in [-0.4, -0.2) is 6.17 Å². The number of alkyl halides is 4. The highest BCUT2D eigenvalue weighted by Crippen LogP contribution is 2.51. The minimum absolute atomic E-state index is 0.233. The van der Waals surface area contributed by atoms with Crippen molar-refractivity contribution < 1.29 is 70.2 Å². The first-order valence-corrected chi connectivity index (χ1v) is 15.7. The minimum Gasteiger partial charge on any atom is -0.300 e. The Hall–Kier alpha value is -6.00.